The molecule has 1 heterocycles. The summed E-state index contributed by atoms with van der Waals surface area (Å²) in [7, 11) is 0. The Kier molecular flexibility index (Phi) is 7.30. The van der Waals surface area contributed by atoms with E-state index in [2.05, 4.69) is 21.2 Å². The molecule has 0 fully saturated rings. The minimum atomic E-state index is -0.499. The van der Waals surface area contributed by atoms with Gasteiger partial charge in [0.25, 0.3) is 5.91 Å². The lowest BCUT2D eigenvalue weighted by atomic mass is 10.0. The van der Waals surface area contributed by atoms with Gasteiger partial charge in [0.05, 0.1) is 11.1 Å². The van der Waals surface area contributed by atoms with Crippen LogP contribution in [0.25, 0.3) is 11.1 Å². The predicted molar refractivity (Wildman–Crippen MR) is 119 cm³/mol. The Morgan fingerprint density at radius 3 is 2.55 bits per heavy atom. The van der Waals surface area contributed by atoms with Gasteiger partial charge < -0.3 is 14.8 Å². The van der Waals surface area contributed by atoms with Crippen LogP contribution in [0.4, 0.5) is 5.00 Å². The van der Waals surface area contributed by atoms with Crippen molar-refractivity contribution in [2.45, 2.75) is 6.92 Å². The van der Waals surface area contributed by atoms with Crippen LogP contribution >= 0.6 is 38.9 Å². The van der Waals surface area contributed by atoms with Crippen molar-refractivity contribution >= 4 is 55.7 Å². The second-order valence-electron chi connectivity index (χ2n) is 5.85. The molecule has 1 N–H and O–H groups in total. The third kappa shape index (κ3) is 5.38. The van der Waals surface area contributed by atoms with Crippen molar-refractivity contribution in [3.05, 3.63) is 69.0 Å². The quantitative estimate of drug-likeness (QED) is 0.408. The van der Waals surface area contributed by atoms with Crippen molar-refractivity contribution in [2.24, 2.45) is 0 Å². The third-order valence-electron chi connectivity index (χ3n) is 3.87. The van der Waals surface area contributed by atoms with E-state index in [9.17, 15) is 9.59 Å². The van der Waals surface area contributed by atoms with E-state index >= 15 is 0 Å². The Morgan fingerprint density at radius 1 is 1.14 bits per heavy atom. The van der Waals surface area contributed by atoms with Crippen molar-refractivity contribution in [2.75, 3.05) is 18.5 Å². The molecule has 0 radical (unpaired) electrons. The van der Waals surface area contributed by atoms with Gasteiger partial charge in [-0.2, -0.15) is 0 Å². The van der Waals surface area contributed by atoms with Crippen LogP contribution in [0.3, 0.4) is 0 Å². The van der Waals surface area contributed by atoms with Crippen molar-refractivity contribution < 1.29 is 19.1 Å². The maximum atomic E-state index is 12.6. The second kappa shape index (κ2) is 9.91. The van der Waals surface area contributed by atoms with Crippen LogP contribution in [-0.4, -0.2) is 25.1 Å². The van der Waals surface area contributed by atoms with Gasteiger partial charge in [-0.3, -0.25) is 4.79 Å². The Labute approximate surface area is 185 Å². The summed E-state index contributed by atoms with van der Waals surface area (Å²) in [5, 5.41) is 5.57. The number of para-hydroxylation sites is 1. The summed E-state index contributed by atoms with van der Waals surface area (Å²) < 4.78 is 11.5. The molecule has 0 atom stereocenters. The molecule has 0 spiro atoms. The summed E-state index contributed by atoms with van der Waals surface area (Å²) >= 11 is 10.6. The zero-order valence-electron chi connectivity index (χ0n) is 15.4. The summed E-state index contributed by atoms with van der Waals surface area (Å²) in [5.41, 5.74) is 1.79. The molecule has 5 nitrogen and oxygen atoms in total. The van der Waals surface area contributed by atoms with E-state index in [0.29, 0.717) is 26.9 Å². The summed E-state index contributed by atoms with van der Waals surface area (Å²) in [6, 6.07) is 14.4. The smallest absolute Gasteiger partial charge is 0.341 e. The standard InChI is InChI=1S/C21H17BrClNO4S/c1-2-27-21(26)19-15(13-7-9-14(23)10-8-13)12-29-20(19)24-18(25)11-28-17-6-4-3-5-16(17)22/h3-10,12H,2,11H2,1H3,(H,24,25). The van der Waals surface area contributed by atoms with E-state index < -0.39 is 5.97 Å². The van der Waals surface area contributed by atoms with Crippen LogP contribution in [0.15, 0.2) is 58.4 Å². The van der Waals surface area contributed by atoms with Crippen LogP contribution in [0.5, 0.6) is 5.75 Å². The molecule has 8 heteroatoms. The number of ether oxygens (including phenoxy) is 2. The van der Waals surface area contributed by atoms with Gasteiger partial charge in [-0.1, -0.05) is 35.9 Å². The third-order valence-corrected chi connectivity index (χ3v) is 5.68. The Morgan fingerprint density at radius 2 is 1.86 bits per heavy atom. The van der Waals surface area contributed by atoms with Crippen molar-refractivity contribution in [3.63, 3.8) is 0 Å². The number of benzene rings is 2. The number of carbonyl (C=O) groups is 2. The number of hydrogen-bond donors (Lipinski definition) is 1. The van der Waals surface area contributed by atoms with E-state index in [-0.39, 0.29) is 19.1 Å². The molecule has 0 aliphatic carbocycles. The summed E-state index contributed by atoms with van der Waals surface area (Å²) in [5.74, 6) is -0.321. The van der Waals surface area contributed by atoms with Gasteiger partial charge in [0, 0.05) is 16.0 Å². The molecule has 2 aromatic carbocycles. The largest absolute Gasteiger partial charge is 0.483 e. The summed E-state index contributed by atoms with van der Waals surface area (Å²) in [6.07, 6.45) is 0. The number of hydrogen-bond acceptors (Lipinski definition) is 5. The van der Waals surface area contributed by atoms with E-state index in [4.69, 9.17) is 21.1 Å². The molecule has 29 heavy (non-hydrogen) atoms. The Hall–Kier alpha value is -2.35. The van der Waals surface area contributed by atoms with Crippen LogP contribution < -0.4 is 10.1 Å². The van der Waals surface area contributed by atoms with Gasteiger partial charge in [0.15, 0.2) is 6.61 Å². The predicted octanol–water partition coefficient (Wildman–Crippen LogP) is 6.03. The lowest BCUT2D eigenvalue weighted by Crippen LogP contribution is -2.21. The lowest BCUT2D eigenvalue weighted by molar-refractivity contribution is -0.118. The highest BCUT2D eigenvalue weighted by Gasteiger charge is 2.23. The first-order valence-corrected chi connectivity index (χ1v) is 10.8. The normalized spacial score (nSPS) is 10.4. The SMILES string of the molecule is CCOC(=O)c1c(-c2ccc(Cl)cc2)csc1NC(=O)COc1ccccc1Br. The van der Waals surface area contributed by atoms with Crippen molar-refractivity contribution in [1.82, 2.24) is 0 Å². The number of nitrogens with one attached hydrogen (secondary N) is 1. The lowest BCUT2D eigenvalue weighted by Gasteiger charge is -2.10. The fraction of sp³-hybridized carbons (Fsp3) is 0.143. The molecular weight excluding hydrogens is 478 g/mol. The van der Waals surface area contributed by atoms with Gasteiger partial charge in [-0.05, 0) is 52.7 Å². The Balaban J connectivity index is 1.81. The number of rotatable bonds is 7. The zero-order valence-corrected chi connectivity index (χ0v) is 18.6. The average molecular weight is 495 g/mol. The number of anilines is 1. The Bertz CT molecular complexity index is 1020. The molecule has 1 amide bonds. The van der Waals surface area contributed by atoms with E-state index in [1.165, 1.54) is 11.3 Å². The topological polar surface area (TPSA) is 64.6 Å². The number of esters is 1. The van der Waals surface area contributed by atoms with E-state index in [1.807, 2.05) is 30.3 Å². The maximum Gasteiger partial charge on any atom is 0.341 e. The van der Waals surface area contributed by atoms with E-state index in [0.717, 1.165) is 10.0 Å². The number of halogens is 2. The molecule has 1 aromatic heterocycles. The zero-order chi connectivity index (χ0) is 20.8. The molecule has 0 aliphatic heterocycles. The highest BCUT2D eigenvalue weighted by molar-refractivity contribution is 9.10. The molecule has 0 aliphatic rings. The first kappa shape index (κ1) is 21.4. The fourth-order valence-corrected chi connectivity index (χ4v) is 4.06. The molecule has 0 saturated heterocycles. The second-order valence-corrected chi connectivity index (χ2v) is 8.02. The minimum absolute atomic E-state index is 0.195. The van der Waals surface area contributed by atoms with Gasteiger partial charge in [0.1, 0.15) is 16.3 Å². The molecule has 0 saturated carbocycles. The maximum absolute atomic E-state index is 12.6. The summed E-state index contributed by atoms with van der Waals surface area (Å²) in [6.45, 7) is 1.77. The van der Waals surface area contributed by atoms with Crippen molar-refractivity contribution in [1.29, 1.82) is 0 Å². The summed E-state index contributed by atoms with van der Waals surface area (Å²) in [4.78, 5) is 25.0. The van der Waals surface area contributed by atoms with Gasteiger partial charge in [-0.15, -0.1) is 11.3 Å². The first-order chi connectivity index (χ1) is 14.0. The highest BCUT2D eigenvalue weighted by Crippen LogP contribution is 2.36. The monoisotopic (exact) mass is 493 g/mol. The van der Waals surface area contributed by atoms with Gasteiger partial charge >= 0.3 is 5.97 Å². The fourth-order valence-electron chi connectivity index (χ4n) is 2.57. The minimum Gasteiger partial charge on any atom is -0.483 e. The molecule has 0 unspecified atom stereocenters. The number of thiophene rings is 1. The molecule has 3 rings (SSSR count). The van der Waals surface area contributed by atoms with Crippen LogP contribution in [-0.2, 0) is 9.53 Å². The molecule has 150 valence electrons. The average Bonchev–Trinajstić information content (AvgIpc) is 3.11. The molecular formula is C21H17BrClNO4S. The molecule has 0 bridgehead atoms. The number of carbonyl (C=O) groups excluding carboxylic acids is 2. The van der Waals surface area contributed by atoms with Gasteiger partial charge in [-0.25, -0.2) is 4.79 Å². The van der Waals surface area contributed by atoms with Crippen LogP contribution in [0.2, 0.25) is 5.02 Å². The molecule has 3 aromatic rings. The van der Waals surface area contributed by atoms with Crippen LogP contribution in [0, 0.1) is 0 Å². The van der Waals surface area contributed by atoms with E-state index in [1.54, 1.807) is 30.5 Å². The number of amides is 1. The van der Waals surface area contributed by atoms with Gasteiger partial charge in [0.2, 0.25) is 0 Å². The van der Waals surface area contributed by atoms with Crippen LogP contribution in [0.1, 0.15) is 17.3 Å². The van der Waals surface area contributed by atoms with Crippen molar-refractivity contribution in [3.8, 4) is 16.9 Å². The highest BCUT2D eigenvalue weighted by atomic mass is 79.9. The first-order valence-electron chi connectivity index (χ1n) is 8.71.